The van der Waals surface area contributed by atoms with Crippen LogP contribution in [0, 0.1) is 0 Å². The number of nitrogens with one attached hydrogen (secondary N) is 1. The zero-order chi connectivity index (χ0) is 15.5. The van der Waals surface area contributed by atoms with Gasteiger partial charge in [-0.25, -0.2) is 4.98 Å². The second-order valence-corrected chi connectivity index (χ2v) is 7.05. The summed E-state index contributed by atoms with van der Waals surface area (Å²) in [6.07, 6.45) is 4.06. The van der Waals surface area contributed by atoms with E-state index < -0.39 is 5.54 Å². The summed E-state index contributed by atoms with van der Waals surface area (Å²) in [4.78, 5) is 19.3. The van der Waals surface area contributed by atoms with E-state index in [1.807, 2.05) is 13.8 Å². The molecule has 1 aliphatic rings. The highest BCUT2D eigenvalue weighted by atomic mass is 32.1. The van der Waals surface area contributed by atoms with E-state index in [4.69, 9.17) is 10.8 Å². The molecule has 6 nitrogen and oxygen atoms in total. The lowest BCUT2D eigenvalue weighted by atomic mass is 10.0. The molecule has 118 valence electrons. The summed E-state index contributed by atoms with van der Waals surface area (Å²) in [6, 6.07) is 0. The number of piperidine rings is 1. The van der Waals surface area contributed by atoms with Crippen molar-refractivity contribution < 1.29 is 9.90 Å². The first kappa shape index (κ1) is 16.0. The zero-order valence-corrected chi connectivity index (χ0v) is 13.5. The van der Waals surface area contributed by atoms with Gasteiger partial charge in [0.25, 0.3) is 5.91 Å². The molecule has 1 saturated heterocycles. The molecule has 0 spiro atoms. The summed E-state index contributed by atoms with van der Waals surface area (Å²) < 4.78 is 0. The zero-order valence-electron chi connectivity index (χ0n) is 12.7. The van der Waals surface area contributed by atoms with Crippen molar-refractivity contribution in [1.82, 2.24) is 10.3 Å². The van der Waals surface area contributed by atoms with Crippen molar-refractivity contribution in [1.29, 1.82) is 0 Å². The number of carbonyl (C=O) groups excluding carboxylic acids is 1. The van der Waals surface area contributed by atoms with E-state index in [-0.39, 0.29) is 18.3 Å². The third-order valence-corrected chi connectivity index (χ3v) is 4.79. The molecule has 1 aromatic heterocycles. The van der Waals surface area contributed by atoms with Gasteiger partial charge in [0, 0.05) is 25.2 Å². The van der Waals surface area contributed by atoms with Crippen LogP contribution in [0.3, 0.4) is 0 Å². The second kappa shape index (κ2) is 6.62. The van der Waals surface area contributed by atoms with Crippen LogP contribution in [0.5, 0.6) is 0 Å². The van der Waals surface area contributed by atoms with Gasteiger partial charge in [0.05, 0.1) is 0 Å². The number of carbonyl (C=O) groups is 1. The molecule has 1 fully saturated rings. The molecular weight excluding hydrogens is 288 g/mol. The van der Waals surface area contributed by atoms with Crippen LogP contribution in [0.4, 0.5) is 10.9 Å². The summed E-state index contributed by atoms with van der Waals surface area (Å²) in [7, 11) is 0. The van der Waals surface area contributed by atoms with Crippen LogP contribution >= 0.6 is 11.3 Å². The van der Waals surface area contributed by atoms with Crippen molar-refractivity contribution >= 4 is 28.2 Å². The Hall–Kier alpha value is -1.34. The molecule has 2 rings (SSSR count). The number of aliphatic hydroxyl groups is 1. The van der Waals surface area contributed by atoms with Crippen LogP contribution < -0.4 is 16.0 Å². The molecule has 1 aromatic rings. The minimum absolute atomic E-state index is 0.0322. The molecular formula is C14H24N4O2S. The predicted octanol–water partition coefficient (Wildman–Crippen LogP) is 1.61. The number of nitrogen functional groups attached to an aromatic ring is 1. The van der Waals surface area contributed by atoms with Gasteiger partial charge in [-0.15, -0.1) is 0 Å². The van der Waals surface area contributed by atoms with E-state index in [9.17, 15) is 4.79 Å². The topological polar surface area (TPSA) is 91.5 Å². The molecule has 1 amide bonds. The highest BCUT2D eigenvalue weighted by molar-refractivity contribution is 7.18. The van der Waals surface area contributed by atoms with Crippen LogP contribution in [0.15, 0.2) is 0 Å². The highest BCUT2D eigenvalue weighted by Crippen LogP contribution is 2.30. The molecule has 4 N–H and O–H groups in total. The van der Waals surface area contributed by atoms with Crippen molar-refractivity contribution in [2.45, 2.75) is 45.1 Å². The summed E-state index contributed by atoms with van der Waals surface area (Å²) in [5, 5.41) is 12.8. The maximum Gasteiger partial charge on any atom is 0.265 e. The molecule has 0 aliphatic carbocycles. The van der Waals surface area contributed by atoms with Crippen LogP contribution in [0.1, 0.15) is 49.2 Å². The number of hydrogen-bond acceptors (Lipinski definition) is 6. The summed E-state index contributed by atoms with van der Waals surface area (Å²) >= 11 is 1.35. The maximum absolute atomic E-state index is 12.3. The van der Waals surface area contributed by atoms with Gasteiger partial charge in [0.1, 0.15) is 10.7 Å². The van der Waals surface area contributed by atoms with E-state index in [2.05, 4.69) is 15.2 Å². The summed E-state index contributed by atoms with van der Waals surface area (Å²) in [5.41, 5.74) is 5.44. The van der Waals surface area contributed by atoms with Crippen LogP contribution in [-0.2, 0) is 0 Å². The van der Waals surface area contributed by atoms with Gasteiger partial charge in [-0.2, -0.15) is 0 Å². The van der Waals surface area contributed by atoms with Gasteiger partial charge >= 0.3 is 0 Å². The smallest absolute Gasteiger partial charge is 0.265 e. The quantitative estimate of drug-likeness (QED) is 0.768. The van der Waals surface area contributed by atoms with Crippen molar-refractivity contribution in [2.24, 2.45) is 0 Å². The third-order valence-electron chi connectivity index (χ3n) is 3.66. The fraction of sp³-hybridized carbons (Fsp3) is 0.714. The Labute approximate surface area is 129 Å². The molecule has 2 heterocycles. The normalized spacial score (nSPS) is 16.0. The molecule has 7 heteroatoms. The first-order valence-corrected chi connectivity index (χ1v) is 8.19. The van der Waals surface area contributed by atoms with E-state index >= 15 is 0 Å². The average molecular weight is 312 g/mol. The van der Waals surface area contributed by atoms with Gasteiger partial charge in [-0.1, -0.05) is 11.3 Å². The van der Waals surface area contributed by atoms with Gasteiger partial charge in [0.15, 0.2) is 5.13 Å². The average Bonchev–Trinajstić information content (AvgIpc) is 2.81. The molecule has 1 aliphatic heterocycles. The summed E-state index contributed by atoms with van der Waals surface area (Å²) in [6.45, 7) is 5.74. The molecule has 0 bridgehead atoms. The number of nitrogens with zero attached hydrogens (tertiary/aromatic N) is 2. The van der Waals surface area contributed by atoms with Gasteiger partial charge in [0.2, 0.25) is 0 Å². The lowest BCUT2D eigenvalue weighted by Gasteiger charge is -2.26. The number of nitrogens with two attached hydrogens (primary N) is 1. The first-order chi connectivity index (χ1) is 9.93. The predicted molar refractivity (Wildman–Crippen MR) is 85.8 cm³/mol. The van der Waals surface area contributed by atoms with Crippen LogP contribution in [-0.4, -0.2) is 41.2 Å². The maximum atomic E-state index is 12.3. The minimum atomic E-state index is -0.465. The summed E-state index contributed by atoms with van der Waals surface area (Å²) in [5.74, 6) is 0.0737. The molecule has 0 aromatic carbocycles. The molecule has 0 unspecified atom stereocenters. The van der Waals surface area contributed by atoms with E-state index in [0.717, 1.165) is 31.1 Å². The number of amides is 1. The Bertz CT molecular complexity index is 495. The lowest BCUT2D eigenvalue weighted by molar-refractivity contribution is 0.0904. The molecule has 0 saturated carbocycles. The minimum Gasteiger partial charge on any atom is -0.396 e. The Kier molecular flexibility index (Phi) is 5.05. The van der Waals surface area contributed by atoms with Crippen LogP contribution in [0.25, 0.3) is 0 Å². The van der Waals surface area contributed by atoms with Crippen molar-refractivity contribution in [3.63, 3.8) is 0 Å². The Morgan fingerprint density at radius 1 is 1.43 bits per heavy atom. The number of aromatic nitrogens is 1. The fourth-order valence-corrected chi connectivity index (χ4v) is 3.34. The van der Waals surface area contributed by atoms with E-state index in [0.29, 0.717) is 11.3 Å². The van der Waals surface area contributed by atoms with Crippen LogP contribution in [0.2, 0.25) is 0 Å². The number of thiazole rings is 1. The monoisotopic (exact) mass is 312 g/mol. The lowest BCUT2D eigenvalue weighted by Crippen LogP contribution is -2.43. The second-order valence-electron chi connectivity index (χ2n) is 6.07. The number of hydrogen-bond donors (Lipinski definition) is 3. The van der Waals surface area contributed by atoms with Gasteiger partial charge in [-0.3, -0.25) is 4.79 Å². The van der Waals surface area contributed by atoms with E-state index in [1.165, 1.54) is 17.8 Å². The fourth-order valence-electron chi connectivity index (χ4n) is 2.41. The standard InChI is InChI=1S/C14H24N4O2S/c1-14(2,6-9-19)17-12(20)10-11(15)16-13(21-10)18-7-4-3-5-8-18/h19H,3-9,15H2,1-2H3,(H,17,20). The molecule has 0 radical (unpaired) electrons. The van der Waals surface area contributed by atoms with Crippen molar-refractivity contribution in [3.8, 4) is 0 Å². The molecule has 0 atom stereocenters. The van der Waals surface area contributed by atoms with Gasteiger partial charge < -0.3 is 21.1 Å². The third kappa shape index (κ3) is 4.07. The van der Waals surface area contributed by atoms with E-state index in [1.54, 1.807) is 0 Å². The first-order valence-electron chi connectivity index (χ1n) is 7.37. The SMILES string of the molecule is CC(C)(CCO)NC(=O)c1sc(N2CCCCC2)nc1N. The Morgan fingerprint density at radius 3 is 2.71 bits per heavy atom. The highest BCUT2D eigenvalue weighted by Gasteiger charge is 2.25. The number of aliphatic hydroxyl groups excluding tert-OH is 1. The van der Waals surface area contributed by atoms with Crippen molar-refractivity contribution in [3.05, 3.63) is 4.88 Å². The Balaban J connectivity index is 2.09. The number of anilines is 2. The molecule has 21 heavy (non-hydrogen) atoms. The van der Waals surface area contributed by atoms with Gasteiger partial charge in [-0.05, 0) is 39.5 Å². The number of rotatable bonds is 5. The van der Waals surface area contributed by atoms with Crippen molar-refractivity contribution in [2.75, 3.05) is 30.3 Å². The Morgan fingerprint density at radius 2 is 2.10 bits per heavy atom. The largest absolute Gasteiger partial charge is 0.396 e.